The van der Waals surface area contributed by atoms with Crippen molar-refractivity contribution >= 4 is 27.4 Å². The lowest BCUT2D eigenvalue weighted by molar-refractivity contribution is 0.752. The molecular weight excluding hydrogens is 302 g/mol. The molecule has 0 spiro atoms. The SMILES string of the molecule is CCc1cc2c(NC3CCCC3)nc(-c3ccccc3)nc2s1. The Morgan fingerprint density at radius 2 is 1.91 bits per heavy atom. The first-order chi connectivity index (χ1) is 11.3. The smallest absolute Gasteiger partial charge is 0.163 e. The van der Waals surface area contributed by atoms with Gasteiger partial charge in [-0.05, 0) is 25.3 Å². The van der Waals surface area contributed by atoms with Gasteiger partial charge in [-0.2, -0.15) is 0 Å². The fourth-order valence-corrected chi connectivity index (χ4v) is 4.20. The highest BCUT2D eigenvalue weighted by Gasteiger charge is 2.18. The van der Waals surface area contributed by atoms with Crippen molar-refractivity contribution in [3.05, 3.63) is 41.3 Å². The Morgan fingerprint density at radius 1 is 1.13 bits per heavy atom. The average molecular weight is 323 g/mol. The number of hydrogen-bond acceptors (Lipinski definition) is 4. The van der Waals surface area contributed by atoms with E-state index < -0.39 is 0 Å². The van der Waals surface area contributed by atoms with Gasteiger partial charge >= 0.3 is 0 Å². The number of thiophene rings is 1. The third-order valence-electron chi connectivity index (χ3n) is 4.52. The highest BCUT2D eigenvalue weighted by Crippen LogP contribution is 2.33. The van der Waals surface area contributed by atoms with Crippen LogP contribution in [0.3, 0.4) is 0 Å². The van der Waals surface area contributed by atoms with Gasteiger partial charge in [0.2, 0.25) is 0 Å². The molecule has 1 aliphatic carbocycles. The van der Waals surface area contributed by atoms with Crippen molar-refractivity contribution in [2.24, 2.45) is 0 Å². The molecule has 2 heterocycles. The number of aryl methyl sites for hydroxylation is 1. The van der Waals surface area contributed by atoms with Crippen LogP contribution in [0.25, 0.3) is 21.6 Å². The van der Waals surface area contributed by atoms with Crippen LogP contribution in [-0.4, -0.2) is 16.0 Å². The fourth-order valence-electron chi connectivity index (χ4n) is 3.24. The maximum atomic E-state index is 4.87. The van der Waals surface area contributed by atoms with Gasteiger partial charge in [-0.1, -0.05) is 50.1 Å². The van der Waals surface area contributed by atoms with Gasteiger partial charge in [0.15, 0.2) is 5.82 Å². The molecule has 0 atom stereocenters. The zero-order valence-corrected chi connectivity index (χ0v) is 14.2. The summed E-state index contributed by atoms with van der Waals surface area (Å²) in [5, 5.41) is 4.87. The van der Waals surface area contributed by atoms with Crippen LogP contribution in [0.1, 0.15) is 37.5 Å². The Hall–Kier alpha value is -1.94. The lowest BCUT2D eigenvalue weighted by atomic mass is 10.2. The van der Waals surface area contributed by atoms with Crippen molar-refractivity contribution in [3.8, 4) is 11.4 Å². The summed E-state index contributed by atoms with van der Waals surface area (Å²) in [7, 11) is 0. The molecule has 0 bridgehead atoms. The van der Waals surface area contributed by atoms with Gasteiger partial charge in [0.1, 0.15) is 10.6 Å². The van der Waals surface area contributed by atoms with E-state index in [1.54, 1.807) is 11.3 Å². The van der Waals surface area contributed by atoms with Crippen LogP contribution in [0.5, 0.6) is 0 Å². The lowest BCUT2D eigenvalue weighted by Crippen LogP contribution is -2.16. The molecule has 1 saturated carbocycles. The molecule has 1 aliphatic rings. The molecular formula is C19H21N3S. The van der Waals surface area contributed by atoms with Gasteiger partial charge in [-0.3, -0.25) is 0 Å². The normalized spacial score (nSPS) is 15.3. The third kappa shape index (κ3) is 2.95. The van der Waals surface area contributed by atoms with E-state index >= 15 is 0 Å². The van der Waals surface area contributed by atoms with Crippen LogP contribution >= 0.6 is 11.3 Å². The third-order valence-corrected chi connectivity index (χ3v) is 5.69. The molecule has 0 aliphatic heterocycles. The second-order valence-electron chi connectivity index (χ2n) is 6.17. The standard InChI is InChI=1S/C19H21N3S/c1-2-15-12-16-18(20-14-10-6-7-11-14)21-17(22-19(16)23-15)13-8-4-3-5-9-13/h3-5,8-9,12,14H,2,6-7,10-11H2,1H3,(H,20,21,22). The van der Waals surface area contributed by atoms with E-state index in [4.69, 9.17) is 9.97 Å². The Morgan fingerprint density at radius 3 is 2.65 bits per heavy atom. The summed E-state index contributed by atoms with van der Waals surface area (Å²) < 4.78 is 0. The zero-order chi connectivity index (χ0) is 15.6. The average Bonchev–Trinajstić information content (AvgIpc) is 3.24. The van der Waals surface area contributed by atoms with Crippen LogP contribution in [-0.2, 0) is 6.42 Å². The molecule has 0 unspecified atom stereocenters. The van der Waals surface area contributed by atoms with Crippen molar-refractivity contribution in [3.63, 3.8) is 0 Å². The fraction of sp³-hybridized carbons (Fsp3) is 0.368. The van der Waals surface area contributed by atoms with Crippen molar-refractivity contribution in [1.29, 1.82) is 0 Å². The van der Waals surface area contributed by atoms with E-state index in [1.165, 1.54) is 35.9 Å². The molecule has 1 aromatic carbocycles. The molecule has 118 valence electrons. The number of hydrogen-bond donors (Lipinski definition) is 1. The van der Waals surface area contributed by atoms with Crippen molar-refractivity contribution in [2.45, 2.75) is 45.1 Å². The summed E-state index contributed by atoms with van der Waals surface area (Å²) in [5.41, 5.74) is 1.08. The first-order valence-electron chi connectivity index (χ1n) is 8.46. The summed E-state index contributed by atoms with van der Waals surface area (Å²) in [4.78, 5) is 12.1. The lowest BCUT2D eigenvalue weighted by Gasteiger charge is -2.14. The maximum Gasteiger partial charge on any atom is 0.163 e. The Bertz CT molecular complexity index is 804. The molecule has 1 fully saturated rings. The van der Waals surface area contributed by atoms with Crippen LogP contribution in [0.15, 0.2) is 36.4 Å². The molecule has 4 rings (SSSR count). The van der Waals surface area contributed by atoms with Crippen LogP contribution < -0.4 is 5.32 Å². The number of rotatable bonds is 4. The first-order valence-corrected chi connectivity index (χ1v) is 9.27. The van der Waals surface area contributed by atoms with E-state index in [9.17, 15) is 0 Å². The molecule has 0 amide bonds. The Kier molecular flexibility index (Phi) is 4.00. The highest BCUT2D eigenvalue weighted by atomic mass is 32.1. The summed E-state index contributed by atoms with van der Waals surface area (Å²) in [5.74, 6) is 1.83. The predicted octanol–water partition coefficient (Wildman–Crippen LogP) is 5.28. The number of anilines is 1. The van der Waals surface area contributed by atoms with Gasteiger partial charge < -0.3 is 5.32 Å². The van der Waals surface area contributed by atoms with Crippen molar-refractivity contribution in [2.75, 3.05) is 5.32 Å². The predicted molar refractivity (Wildman–Crippen MR) is 98.1 cm³/mol. The largest absolute Gasteiger partial charge is 0.367 e. The molecule has 0 radical (unpaired) electrons. The van der Waals surface area contributed by atoms with Crippen molar-refractivity contribution in [1.82, 2.24) is 9.97 Å². The molecule has 0 saturated heterocycles. The number of nitrogens with one attached hydrogen (secondary N) is 1. The van der Waals surface area contributed by atoms with Gasteiger partial charge in [0, 0.05) is 16.5 Å². The van der Waals surface area contributed by atoms with E-state index in [-0.39, 0.29) is 0 Å². The Balaban J connectivity index is 1.81. The van der Waals surface area contributed by atoms with E-state index in [2.05, 4.69) is 30.4 Å². The van der Waals surface area contributed by atoms with E-state index in [0.717, 1.165) is 28.5 Å². The summed E-state index contributed by atoms with van der Waals surface area (Å²) in [6, 6.07) is 13.1. The minimum absolute atomic E-state index is 0.557. The quantitative estimate of drug-likeness (QED) is 0.710. The number of benzene rings is 1. The van der Waals surface area contributed by atoms with Gasteiger partial charge in [-0.15, -0.1) is 11.3 Å². The molecule has 4 heteroatoms. The molecule has 23 heavy (non-hydrogen) atoms. The Labute approximate surface area is 140 Å². The summed E-state index contributed by atoms with van der Waals surface area (Å²) >= 11 is 1.79. The first kappa shape index (κ1) is 14.6. The number of aromatic nitrogens is 2. The van der Waals surface area contributed by atoms with Gasteiger partial charge in [0.05, 0.1) is 5.39 Å². The second kappa shape index (κ2) is 6.28. The zero-order valence-electron chi connectivity index (χ0n) is 13.4. The molecule has 3 aromatic rings. The summed E-state index contributed by atoms with van der Waals surface area (Å²) in [6.07, 6.45) is 6.18. The van der Waals surface area contributed by atoms with E-state index in [0.29, 0.717) is 6.04 Å². The van der Waals surface area contributed by atoms with Crippen LogP contribution in [0.2, 0.25) is 0 Å². The van der Waals surface area contributed by atoms with E-state index in [1.807, 2.05) is 18.2 Å². The highest BCUT2D eigenvalue weighted by molar-refractivity contribution is 7.18. The van der Waals surface area contributed by atoms with Crippen LogP contribution in [0, 0.1) is 0 Å². The minimum atomic E-state index is 0.557. The molecule has 2 aromatic heterocycles. The van der Waals surface area contributed by atoms with Gasteiger partial charge in [-0.25, -0.2) is 9.97 Å². The van der Waals surface area contributed by atoms with Crippen molar-refractivity contribution < 1.29 is 0 Å². The minimum Gasteiger partial charge on any atom is -0.367 e. The topological polar surface area (TPSA) is 37.8 Å². The second-order valence-corrected chi connectivity index (χ2v) is 7.29. The number of fused-ring (bicyclic) bond motifs is 1. The summed E-state index contributed by atoms with van der Waals surface area (Å²) in [6.45, 7) is 2.19. The molecule has 1 N–H and O–H groups in total. The maximum absolute atomic E-state index is 4.87. The monoisotopic (exact) mass is 323 g/mol. The van der Waals surface area contributed by atoms with Crippen LogP contribution in [0.4, 0.5) is 5.82 Å². The molecule has 3 nitrogen and oxygen atoms in total. The van der Waals surface area contributed by atoms with Gasteiger partial charge in [0.25, 0.3) is 0 Å². The number of nitrogens with zero attached hydrogens (tertiary/aromatic N) is 2.